The minimum absolute atomic E-state index is 0.619. The molecule has 4 heteroatoms. The van der Waals surface area contributed by atoms with Crippen LogP contribution >= 0.6 is 0 Å². The third-order valence-corrected chi connectivity index (χ3v) is 5.10. The largest absolute Gasteiger partial charge is 0.497 e. The summed E-state index contributed by atoms with van der Waals surface area (Å²) < 4.78 is 5.33. The summed E-state index contributed by atoms with van der Waals surface area (Å²) in [6.07, 6.45) is 1.66. The summed E-state index contributed by atoms with van der Waals surface area (Å²) in [6.45, 7) is 0. The summed E-state index contributed by atoms with van der Waals surface area (Å²) in [5.74, 6) is 0.814. The first kappa shape index (κ1) is 20.1. The minimum atomic E-state index is 0.619. The molecule has 0 aliphatic rings. The highest BCUT2D eigenvalue weighted by atomic mass is 16.5. The zero-order chi connectivity index (χ0) is 21.6. The van der Waals surface area contributed by atoms with Crippen LogP contribution in [0.5, 0.6) is 5.75 Å². The van der Waals surface area contributed by atoms with Crippen molar-refractivity contribution in [2.24, 2.45) is 0 Å². The van der Waals surface area contributed by atoms with Gasteiger partial charge in [0.1, 0.15) is 18.3 Å². The molecule has 0 aliphatic heterocycles. The van der Waals surface area contributed by atoms with Gasteiger partial charge in [0.2, 0.25) is 0 Å². The van der Waals surface area contributed by atoms with Crippen molar-refractivity contribution in [3.05, 3.63) is 108 Å². The molecule has 31 heavy (non-hydrogen) atoms. The zero-order valence-electron chi connectivity index (χ0n) is 17.1. The van der Waals surface area contributed by atoms with Crippen LogP contribution < -0.4 is 9.64 Å². The Balaban J connectivity index is 1.74. The Bertz CT molecular complexity index is 1130. The second kappa shape index (κ2) is 9.09. The average molecular weight is 407 g/mol. The van der Waals surface area contributed by atoms with Crippen molar-refractivity contribution in [1.29, 1.82) is 0 Å². The molecule has 0 radical (unpaired) electrons. The van der Waals surface area contributed by atoms with Gasteiger partial charge in [-0.25, -0.2) is 0 Å². The molecule has 0 amide bonds. The Labute approximate surface area is 181 Å². The molecule has 0 spiro atoms. The molecule has 0 aliphatic carbocycles. The molecule has 0 atom stereocenters. The summed E-state index contributed by atoms with van der Waals surface area (Å²) in [5.41, 5.74) is 6.18. The highest BCUT2D eigenvalue weighted by molar-refractivity contribution is 5.82. The topological polar surface area (TPSA) is 46.6 Å². The third kappa shape index (κ3) is 4.38. The Morgan fingerprint density at radius 1 is 0.613 bits per heavy atom. The lowest BCUT2D eigenvalue weighted by Crippen LogP contribution is -2.10. The quantitative estimate of drug-likeness (QED) is 0.330. The molecule has 4 aromatic rings. The number of hydrogen-bond acceptors (Lipinski definition) is 4. The number of ether oxygens (including phenoxy) is 1. The first-order chi connectivity index (χ1) is 15.2. The van der Waals surface area contributed by atoms with Gasteiger partial charge in [0.25, 0.3) is 0 Å². The third-order valence-electron chi connectivity index (χ3n) is 5.10. The Hall–Kier alpha value is -4.18. The number of hydrogen-bond donors (Lipinski definition) is 0. The van der Waals surface area contributed by atoms with Gasteiger partial charge < -0.3 is 9.64 Å². The van der Waals surface area contributed by atoms with Crippen molar-refractivity contribution in [1.82, 2.24) is 0 Å². The lowest BCUT2D eigenvalue weighted by molar-refractivity contribution is 0.111. The van der Waals surface area contributed by atoms with Crippen LogP contribution in [0.25, 0.3) is 11.1 Å². The number of benzene rings is 4. The van der Waals surface area contributed by atoms with Crippen LogP contribution in [-0.2, 0) is 0 Å². The van der Waals surface area contributed by atoms with E-state index in [2.05, 4.69) is 29.2 Å². The number of anilines is 3. The average Bonchev–Trinajstić information content (AvgIpc) is 2.85. The van der Waals surface area contributed by atoms with Crippen LogP contribution in [0.15, 0.2) is 97.1 Å². The van der Waals surface area contributed by atoms with E-state index in [1.807, 2.05) is 48.5 Å². The van der Waals surface area contributed by atoms with Gasteiger partial charge in [-0.15, -0.1) is 0 Å². The van der Waals surface area contributed by atoms with Gasteiger partial charge in [-0.05, 0) is 83.9 Å². The van der Waals surface area contributed by atoms with Gasteiger partial charge in [0.15, 0.2) is 0 Å². The summed E-state index contributed by atoms with van der Waals surface area (Å²) in [6, 6.07) is 31.0. The highest BCUT2D eigenvalue weighted by Gasteiger charge is 2.13. The van der Waals surface area contributed by atoms with E-state index in [1.54, 1.807) is 31.4 Å². The summed E-state index contributed by atoms with van der Waals surface area (Å²) >= 11 is 0. The predicted octanol–water partition coefficient (Wildman–Crippen LogP) is 6.46. The van der Waals surface area contributed by atoms with E-state index in [9.17, 15) is 9.59 Å². The molecular formula is C27H21NO3. The summed E-state index contributed by atoms with van der Waals surface area (Å²) in [7, 11) is 1.66. The van der Waals surface area contributed by atoms with Gasteiger partial charge >= 0.3 is 0 Å². The van der Waals surface area contributed by atoms with Gasteiger partial charge in [-0.2, -0.15) is 0 Å². The maximum absolute atomic E-state index is 11.1. The first-order valence-electron chi connectivity index (χ1n) is 9.87. The predicted molar refractivity (Wildman–Crippen MR) is 124 cm³/mol. The molecule has 4 nitrogen and oxygen atoms in total. The second-order valence-corrected chi connectivity index (χ2v) is 7.03. The molecule has 0 N–H and O–H groups in total. The number of carbonyl (C=O) groups excluding carboxylic acids is 2. The standard InChI is InChI=1S/C27H21NO3/c1-31-27-4-2-3-23(17-27)22-9-15-26(16-10-22)28(24-11-5-20(18-29)6-12-24)25-13-7-21(19-30)8-14-25/h2-19H,1H3. The maximum Gasteiger partial charge on any atom is 0.150 e. The van der Waals surface area contributed by atoms with E-state index >= 15 is 0 Å². The van der Waals surface area contributed by atoms with E-state index in [0.717, 1.165) is 46.5 Å². The van der Waals surface area contributed by atoms with Crippen molar-refractivity contribution in [3.63, 3.8) is 0 Å². The van der Waals surface area contributed by atoms with Crippen LogP contribution in [0.4, 0.5) is 17.1 Å². The minimum Gasteiger partial charge on any atom is -0.497 e. The number of aldehydes is 2. The monoisotopic (exact) mass is 407 g/mol. The van der Waals surface area contributed by atoms with Crippen LogP contribution in [0.2, 0.25) is 0 Å². The van der Waals surface area contributed by atoms with E-state index in [-0.39, 0.29) is 0 Å². The molecule has 0 fully saturated rings. The van der Waals surface area contributed by atoms with Gasteiger partial charge in [0.05, 0.1) is 7.11 Å². The normalized spacial score (nSPS) is 10.4. The molecular weight excluding hydrogens is 386 g/mol. The molecule has 4 rings (SSSR count). The highest BCUT2D eigenvalue weighted by Crippen LogP contribution is 2.36. The van der Waals surface area contributed by atoms with Crippen molar-refractivity contribution in [2.75, 3.05) is 12.0 Å². The van der Waals surface area contributed by atoms with Gasteiger partial charge in [0, 0.05) is 28.2 Å². The van der Waals surface area contributed by atoms with E-state index in [0.29, 0.717) is 11.1 Å². The summed E-state index contributed by atoms with van der Waals surface area (Å²) in [4.78, 5) is 24.2. The van der Waals surface area contributed by atoms with Gasteiger partial charge in [-0.1, -0.05) is 24.3 Å². The van der Waals surface area contributed by atoms with E-state index in [4.69, 9.17) is 4.74 Å². The maximum atomic E-state index is 11.1. The van der Waals surface area contributed by atoms with E-state index in [1.165, 1.54) is 0 Å². The second-order valence-electron chi connectivity index (χ2n) is 7.03. The number of methoxy groups -OCH3 is 1. The van der Waals surface area contributed by atoms with Gasteiger partial charge in [-0.3, -0.25) is 9.59 Å². The van der Waals surface area contributed by atoms with Crippen LogP contribution in [0.3, 0.4) is 0 Å². The molecule has 0 saturated carbocycles. The zero-order valence-corrected chi connectivity index (χ0v) is 17.1. The van der Waals surface area contributed by atoms with Crippen LogP contribution in [0, 0.1) is 0 Å². The molecule has 152 valence electrons. The SMILES string of the molecule is COc1cccc(-c2ccc(N(c3ccc(C=O)cc3)c3ccc(C=O)cc3)cc2)c1. The van der Waals surface area contributed by atoms with Crippen molar-refractivity contribution < 1.29 is 14.3 Å². The van der Waals surface area contributed by atoms with Crippen molar-refractivity contribution in [2.45, 2.75) is 0 Å². The smallest absolute Gasteiger partial charge is 0.150 e. The number of carbonyl (C=O) groups is 2. The molecule has 0 unspecified atom stereocenters. The summed E-state index contributed by atoms with van der Waals surface area (Å²) in [5, 5.41) is 0. The van der Waals surface area contributed by atoms with Crippen LogP contribution in [-0.4, -0.2) is 19.7 Å². The van der Waals surface area contributed by atoms with Crippen molar-refractivity contribution >= 4 is 29.6 Å². The Morgan fingerprint density at radius 2 is 1.10 bits per heavy atom. The molecule has 0 saturated heterocycles. The van der Waals surface area contributed by atoms with Crippen LogP contribution in [0.1, 0.15) is 20.7 Å². The van der Waals surface area contributed by atoms with Crippen molar-refractivity contribution in [3.8, 4) is 16.9 Å². The number of nitrogens with zero attached hydrogens (tertiary/aromatic N) is 1. The lowest BCUT2D eigenvalue weighted by Gasteiger charge is -2.26. The molecule has 0 aromatic heterocycles. The van der Waals surface area contributed by atoms with E-state index < -0.39 is 0 Å². The number of rotatable bonds is 7. The fourth-order valence-electron chi connectivity index (χ4n) is 3.46. The fourth-order valence-corrected chi connectivity index (χ4v) is 3.46. The fraction of sp³-hybridized carbons (Fsp3) is 0.0370. The Kier molecular flexibility index (Phi) is 5.90. The molecule has 0 bridgehead atoms. The molecule has 0 heterocycles. The molecule has 4 aromatic carbocycles. The first-order valence-corrected chi connectivity index (χ1v) is 9.87. The lowest BCUT2D eigenvalue weighted by atomic mass is 10.0. The Morgan fingerprint density at radius 3 is 1.55 bits per heavy atom.